The van der Waals surface area contributed by atoms with Crippen molar-refractivity contribution in [3.8, 4) is 11.5 Å². The number of rotatable bonds is 4. The first kappa shape index (κ1) is 15.9. The molecule has 0 aromatic heterocycles. The number of fused-ring (bicyclic) bond motifs is 2. The van der Waals surface area contributed by atoms with Gasteiger partial charge in [0.1, 0.15) is 0 Å². The minimum atomic E-state index is -0.241. The number of anilines is 1. The van der Waals surface area contributed by atoms with E-state index in [9.17, 15) is 14.4 Å². The molecule has 2 fully saturated rings. The Morgan fingerprint density at radius 3 is 2.48 bits per heavy atom. The Labute approximate surface area is 145 Å². The molecule has 7 nitrogen and oxygen atoms in total. The zero-order valence-electron chi connectivity index (χ0n) is 13.8. The van der Waals surface area contributed by atoms with E-state index in [2.05, 4.69) is 5.32 Å². The van der Waals surface area contributed by atoms with Crippen molar-refractivity contribution >= 4 is 23.4 Å². The lowest BCUT2D eigenvalue weighted by Gasteiger charge is -2.19. The zero-order valence-corrected chi connectivity index (χ0v) is 13.8. The first-order valence-electron chi connectivity index (χ1n) is 8.68. The zero-order chi connectivity index (χ0) is 17.4. The maximum Gasteiger partial charge on any atom is 0.233 e. The Kier molecular flexibility index (Phi) is 4.07. The highest BCUT2D eigenvalue weighted by Gasteiger charge is 2.47. The number of amides is 3. The first-order chi connectivity index (χ1) is 12.1. The lowest BCUT2D eigenvalue weighted by atomic mass is 9.81. The van der Waals surface area contributed by atoms with Gasteiger partial charge in [0.05, 0.1) is 11.8 Å². The summed E-state index contributed by atoms with van der Waals surface area (Å²) in [6.07, 6.45) is 3.66. The van der Waals surface area contributed by atoms with Gasteiger partial charge in [-0.1, -0.05) is 12.8 Å². The van der Waals surface area contributed by atoms with Crippen molar-refractivity contribution in [3.63, 3.8) is 0 Å². The van der Waals surface area contributed by atoms with Crippen LogP contribution in [0.3, 0.4) is 0 Å². The first-order valence-corrected chi connectivity index (χ1v) is 8.68. The largest absolute Gasteiger partial charge is 0.454 e. The van der Waals surface area contributed by atoms with Gasteiger partial charge < -0.3 is 14.8 Å². The number of hydrogen-bond acceptors (Lipinski definition) is 5. The van der Waals surface area contributed by atoms with E-state index < -0.39 is 0 Å². The van der Waals surface area contributed by atoms with Crippen LogP contribution in [0, 0.1) is 11.8 Å². The van der Waals surface area contributed by atoms with Crippen LogP contribution >= 0.6 is 0 Å². The van der Waals surface area contributed by atoms with Crippen molar-refractivity contribution < 1.29 is 23.9 Å². The van der Waals surface area contributed by atoms with Crippen LogP contribution in [0.25, 0.3) is 0 Å². The van der Waals surface area contributed by atoms with E-state index in [0.29, 0.717) is 17.2 Å². The highest BCUT2D eigenvalue weighted by molar-refractivity contribution is 6.05. The molecule has 1 saturated heterocycles. The van der Waals surface area contributed by atoms with Gasteiger partial charge in [0, 0.05) is 24.7 Å². The summed E-state index contributed by atoms with van der Waals surface area (Å²) in [5, 5.41) is 2.76. The van der Waals surface area contributed by atoms with Gasteiger partial charge >= 0.3 is 0 Å². The average Bonchev–Trinajstić information content (AvgIpc) is 3.17. The lowest BCUT2D eigenvalue weighted by molar-refractivity contribution is -0.140. The maximum absolute atomic E-state index is 12.4. The molecule has 2 atom stereocenters. The van der Waals surface area contributed by atoms with Crippen LogP contribution in [0.1, 0.15) is 32.1 Å². The van der Waals surface area contributed by atoms with Gasteiger partial charge in [0.25, 0.3) is 0 Å². The molecule has 3 aliphatic rings. The minimum absolute atomic E-state index is 0.0887. The van der Waals surface area contributed by atoms with E-state index in [4.69, 9.17) is 9.47 Å². The molecule has 0 radical (unpaired) electrons. The molecule has 0 unspecified atom stereocenters. The van der Waals surface area contributed by atoms with E-state index in [0.717, 1.165) is 25.7 Å². The number of benzene rings is 1. The summed E-state index contributed by atoms with van der Waals surface area (Å²) in [6.45, 7) is 0.315. The Morgan fingerprint density at radius 1 is 1.08 bits per heavy atom. The van der Waals surface area contributed by atoms with Crippen LogP contribution in [-0.2, 0) is 14.4 Å². The summed E-state index contributed by atoms with van der Waals surface area (Å²) in [4.78, 5) is 38.2. The van der Waals surface area contributed by atoms with Crippen LogP contribution in [0.4, 0.5) is 5.69 Å². The molecule has 1 aromatic carbocycles. The predicted molar refractivity (Wildman–Crippen MR) is 88.0 cm³/mol. The van der Waals surface area contributed by atoms with E-state index in [-0.39, 0.29) is 49.3 Å². The fourth-order valence-electron chi connectivity index (χ4n) is 3.86. The summed E-state index contributed by atoms with van der Waals surface area (Å²) < 4.78 is 10.5. The van der Waals surface area contributed by atoms with E-state index >= 15 is 0 Å². The number of nitrogens with one attached hydrogen (secondary N) is 1. The fourth-order valence-corrected chi connectivity index (χ4v) is 3.86. The SMILES string of the molecule is O=C(CCN1C(=O)[C@H]2CCCC[C@H]2C1=O)Nc1ccc2c(c1)OCO2. The Balaban J connectivity index is 1.34. The maximum atomic E-state index is 12.4. The van der Waals surface area contributed by atoms with Crippen molar-refractivity contribution in [2.45, 2.75) is 32.1 Å². The van der Waals surface area contributed by atoms with Gasteiger partial charge in [-0.2, -0.15) is 0 Å². The number of ether oxygens (including phenoxy) is 2. The normalized spacial score (nSPS) is 24.4. The molecule has 1 aromatic rings. The van der Waals surface area contributed by atoms with Crippen LogP contribution in [0.5, 0.6) is 11.5 Å². The molecule has 4 rings (SSSR count). The van der Waals surface area contributed by atoms with Crippen molar-refractivity contribution in [2.75, 3.05) is 18.7 Å². The van der Waals surface area contributed by atoms with Gasteiger partial charge in [-0.25, -0.2) is 0 Å². The van der Waals surface area contributed by atoms with E-state index in [1.54, 1.807) is 18.2 Å². The van der Waals surface area contributed by atoms with Crippen molar-refractivity contribution in [2.24, 2.45) is 11.8 Å². The number of hydrogen-bond donors (Lipinski definition) is 1. The summed E-state index contributed by atoms with van der Waals surface area (Å²) in [5.74, 6) is 0.447. The predicted octanol–water partition coefficient (Wildman–Crippen LogP) is 1.92. The van der Waals surface area contributed by atoms with E-state index in [1.165, 1.54) is 4.90 Å². The third kappa shape index (κ3) is 2.94. The molecule has 1 aliphatic carbocycles. The monoisotopic (exact) mass is 344 g/mol. The Morgan fingerprint density at radius 2 is 1.76 bits per heavy atom. The Bertz CT molecular complexity index is 708. The quantitative estimate of drug-likeness (QED) is 0.844. The second-order valence-corrected chi connectivity index (χ2v) is 6.69. The standard InChI is InChI=1S/C18H20N2O5/c21-16(19-11-5-6-14-15(9-11)25-10-24-14)7-8-20-17(22)12-3-1-2-4-13(12)18(20)23/h5-6,9,12-13H,1-4,7-8,10H2,(H,19,21)/t12-,13+. The molecule has 1 N–H and O–H groups in total. The highest BCUT2D eigenvalue weighted by atomic mass is 16.7. The summed E-state index contributed by atoms with van der Waals surface area (Å²) in [7, 11) is 0. The second kappa shape index (κ2) is 6.38. The number of likely N-dealkylation sites (tertiary alicyclic amines) is 1. The molecule has 2 aliphatic heterocycles. The number of carbonyl (C=O) groups is 3. The topological polar surface area (TPSA) is 84.9 Å². The van der Waals surface area contributed by atoms with Gasteiger partial charge in [0.2, 0.25) is 24.5 Å². The molecule has 132 valence electrons. The molecule has 25 heavy (non-hydrogen) atoms. The van der Waals surface area contributed by atoms with Crippen molar-refractivity contribution in [1.29, 1.82) is 0 Å². The summed E-state index contributed by atoms with van der Waals surface area (Å²) in [6, 6.07) is 5.16. The third-order valence-electron chi connectivity index (χ3n) is 5.15. The number of nitrogens with zero attached hydrogens (tertiary/aromatic N) is 1. The second-order valence-electron chi connectivity index (χ2n) is 6.69. The molecular weight excluding hydrogens is 324 g/mol. The van der Waals surface area contributed by atoms with E-state index in [1.807, 2.05) is 0 Å². The number of imide groups is 1. The van der Waals surface area contributed by atoms with Crippen LogP contribution < -0.4 is 14.8 Å². The van der Waals surface area contributed by atoms with Crippen LogP contribution in [0.2, 0.25) is 0 Å². The lowest BCUT2D eigenvalue weighted by Crippen LogP contribution is -2.34. The molecule has 0 spiro atoms. The smallest absolute Gasteiger partial charge is 0.233 e. The Hall–Kier alpha value is -2.57. The molecule has 0 bridgehead atoms. The van der Waals surface area contributed by atoms with Crippen molar-refractivity contribution in [1.82, 2.24) is 4.90 Å². The van der Waals surface area contributed by atoms with Gasteiger partial charge in [-0.3, -0.25) is 19.3 Å². The summed E-state index contributed by atoms with van der Waals surface area (Å²) in [5.41, 5.74) is 0.599. The minimum Gasteiger partial charge on any atom is -0.454 e. The highest BCUT2D eigenvalue weighted by Crippen LogP contribution is 2.38. The molecule has 1 saturated carbocycles. The van der Waals surface area contributed by atoms with Crippen LogP contribution in [-0.4, -0.2) is 36.0 Å². The van der Waals surface area contributed by atoms with Gasteiger partial charge in [0.15, 0.2) is 11.5 Å². The fraction of sp³-hybridized carbons (Fsp3) is 0.500. The average molecular weight is 344 g/mol. The third-order valence-corrected chi connectivity index (χ3v) is 5.15. The molecule has 3 amide bonds. The summed E-state index contributed by atoms with van der Waals surface area (Å²) >= 11 is 0. The van der Waals surface area contributed by atoms with Gasteiger partial charge in [-0.15, -0.1) is 0 Å². The number of carbonyl (C=O) groups excluding carboxylic acids is 3. The van der Waals surface area contributed by atoms with Gasteiger partial charge in [-0.05, 0) is 25.0 Å². The molecule has 2 heterocycles. The molecule has 7 heteroatoms. The molecular formula is C18H20N2O5. The van der Waals surface area contributed by atoms with Crippen molar-refractivity contribution in [3.05, 3.63) is 18.2 Å². The van der Waals surface area contributed by atoms with Crippen LogP contribution in [0.15, 0.2) is 18.2 Å².